The van der Waals surface area contributed by atoms with Gasteiger partial charge in [0.05, 0.1) is 32.0 Å². The van der Waals surface area contributed by atoms with Crippen molar-refractivity contribution in [2.75, 3.05) is 19.8 Å². The molecule has 0 aromatic rings. The summed E-state index contributed by atoms with van der Waals surface area (Å²) in [5, 5.41) is 87.1. The molecule has 14 nitrogen and oxygen atoms in total. The Morgan fingerprint density at radius 1 is 0.486 bits per heavy atom. The van der Waals surface area contributed by atoms with Crippen molar-refractivity contribution >= 4 is 5.91 Å². The molecular formula is C58H111NO13. The Labute approximate surface area is 437 Å². The molecule has 14 heteroatoms. The molecule has 12 unspecified atom stereocenters. The number of hydrogen-bond acceptors (Lipinski definition) is 13. The normalized spacial score (nSPS) is 25.6. The van der Waals surface area contributed by atoms with Crippen molar-refractivity contribution in [3.8, 4) is 0 Å². The second-order valence-corrected chi connectivity index (χ2v) is 21.5. The largest absolute Gasteiger partial charge is 0.394 e. The Morgan fingerprint density at radius 3 is 1.28 bits per heavy atom. The van der Waals surface area contributed by atoms with Crippen molar-refractivity contribution in [2.45, 2.75) is 331 Å². The van der Waals surface area contributed by atoms with Gasteiger partial charge in [-0.05, 0) is 19.3 Å². The Balaban J connectivity index is 1.77. The maximum absolute atomic E-state index is 13.2. The van der Waals surface area contributed by atoms with E-state index in [1.807, 2.05) is 6.08 Å². The predicted molar refractivity (Wildman–Crippen MR) is 286 cm³/mol. The average molecular weight is 1030 g/mol. The number of aliphatic hydroxyl groups excluding tert-OH is 8. The molecular weight excluding hydrogens is 919 g/mol. The molecule has 0 aromatic carbocycles. The zero-order valence-electron chi connectivity index (χ0n) is 45.7. The number of allylic oxidation sites excluding steroid dienone is 1. The van der Waals surface area contributed by atoms with Crippen LogP contribution in [0.5, 0.6) is 0 Å². The summed E-state index contributed by atoms with van der Waals surface area (Å²) in [6.07, 6.45) is 33.9. The minimum atomic E-state index is -1.79. The quantitative estimate of drug-likeness (QED) is 0.0205. The molecule has 0 aromatic heterocycles. The van der Waals surface area contributed by atoms with Gasteiger partial charge in [-0.25, -0.2) is 0 Å². The summed E-state index contributed by atoms with van der Waals surface area (Å²) in [7, 11) is 0. The monoisotopic (exact) mass is 1030 g/mol. The first-order valence-corrected chi connectivity index (χ1v) is 29.9. The number of aliphatic hydroxyl groups is 8. The Kier molecular flexibility index (Phi) is 41.6. The molecule has 1 amide bonds. The van der Waals surface area contributed by atoms with Gasteiger partial charge in [-0.3, -0.25) is 4.79 Å². The van der Waals surface area contributed by atoms with E-state index in [4.69, 9.17) is 18.9 Å². The SMILES string of the molecule is CCCCCCCCCCCCCCCCCCCCC/C=C/C(O)C(COC1OC(CO)C(OC2OC(CO)C(O)C(O)C2O)C(O)C1O)NC(=O)CCCCCCCCCCCCCCCCCCC. The van der Waals surface area contributed by atoms with E-state index in [0.29, 0.717) is 6.42 Å². The Morgan fingerprint density at radius 2 is 0.861 bits per heavy atom. The molecule has 0 spiro atoms. The van der Waals surface area contributed by atoms with Gasteiger partial charge in [0.1, 0.15) is 48.8 Å². The molecule has 2 heterocycles. The number of hydrogen-bond donors (Lipinski definition) is 9. The number of ether oxygens (including phenoxy) is 4. The Hall–Kier alpha value is -1.27. The van der Waals surface area contributed by atoms with E-state index in [-0.39, 0.29) is 18.9 Å². The summed E-state index contributed by atoms with van der Waals surface area (Å²) in [5.41, 5.74) is 0. The fourth-order valence-electron chi connectivity index (χ4n) is 10.1. The van der Waals surface area contributed by atoms with Crippen molar-refractivity contribution in [2.24, 2.45) is 0 Å². The van der Waals surface area contributed by atoms with Crippen LogP contribution in [-0.4, -0.2) is 140 Å². The first-order chi connectivity index (χ1) is 35.1. The smallest absolute Gasteiger partial charge is 0.220 e. The lowest BCUT2D eigenvalue weighted by Gasteiger charge is -2.46. The molecule has 2 rings (SSSR count). The highest BCUT2D eigenvalue weighted by Crippen LogP contribution is 2.30. The molecule has 2 aliphatic rings. The van der Waals surface area contributed by atoms with Crippen LogP contribution in [0.1, 0.15) is 258 Å². The summed E-state index contributed by atoms with van der Waals surface area (Å²) in [5.74, 6) is -0.234. The number of unbranched alkanes of at least 4 members (excludes halogenated alkanes) is 35. The lowest BCUT2D eigenvalue weighted by Crippen LogP contribution is -2.65. The summed E-state index contributed by atoms with van der Waals surface area (Å²) in [4.78, 5) is 13.2. The minimum Gasteiger partial charge on any atom is -0.394 e. The number of nitrogens with one attached hydrogen (secondary N) is 1. The standard InChI is InChI=1S/C58H111NO13/c1-3-5-7-9-11-13-15-17-19-21-22-23-24-26-27-29-31-33-35-37-39-41-47(62)46(59-50(63)42-40-38-36-34-32-30-28-25-20-18-16-14-12-10-8-6-4-2)45-69-57-55(68)53(66)56(49(44-61)71-57)72-58-54(67)52(65)51(64)48(43-60)70-58/h39,41,46-49,51-58,60-62,64-68H,3-38,40,42-45H2,1-2H3,(H,59,63)/b41-39+. The van der Waals surface area contributed by atoms with Crippen LogP contribution in [0.15, 0.2) is 12.2 Å². The fraction of sp³-hybridized carbons (Fsp3) is 0.948. The summed E-state index contributed by atoms with van der Waals surface area (Å²) >= 11 is 0. The molecule has 2 fully saturated rings. The predicted octanol–water partition coefficient (Wildman–Crippen LogP) is 9.89. The highest BCUT2D eigenvalue weighted by molar-refractivity contribution is 5.76. The highest BCUT2D eigenvalue weighted by Gasteiger charge is 2.51. The van der Waals surface area contributed by atoms with Crippen molar-refractivity contribution in [3.05, 3.63) is 12.2 Å². The highest BCUT2D eigenvalue weighted by atomic mass is 16.7. The van der Waals surface area contributed by atoms with Gasteiger partial charge in [-0.2, -0.15) is 0 Å². The minimum absolute atomic E-state index is 0.234. The third kappa shape index (κ3) is 30.5. The third-order valence-corrected chi connectivity index (χ3v) is 15.0. The van der Waals surface area contributed by atoms with E-state index in [1.54, 1.807) is 6.08 Å². The molecule has 0 aliphatic carbocycles. The Bertz CT molecular complexity index is 1260. The number of carbonyl (C=O) groups is 1. The second kappa shape index (κ2) is 44.8. The van der Waals surface area contributed by atoms with Crippen molar-refractivity contribution in [1.82, 2.24) is 5.32 Å². The van der Waals surface area contributed by atoms with Crippen LogP contribution in [0.3, 0.4) is 0 Å². The van der Waals surface area contributed by atoms with Crippen LogP contribution in [0.2, 0.25) is 0 Å². The van der Waals surface area contributed by atoms with Gasteiger partial charge in [0.25, 0.3) is 0 Å². The number of carbonyl (C=O) groups excluding carboxylic acids is 1. The zero-order valence-corrected chi connectivity index (χ0v) is 45.7. The second-order valence-electron chi connectivity index (χ2n) is 21.5. The summed E-state index contributed by atoms with van der Waals surface area (Å²) in [6.45, 7) is 2.83. The first-order valence-electron chi connectivity index (χ1n) is 29.9. The molecule has 72 heavy (non-hydrogen) atoms. The molecule has 2 saturated heterocycles. The van der Waals surface area contributed by atoms with E-state index in [2.05, 4.69) is 19.2 Å². The van der Waals surface area contributed by atoms with Crippen LogP contribution >= 0.6 is 0 Å². The van der Waals surface area contributed by atoms with Crippen molar-refractivity contribution in [3.63, 3.8) is 0 Å². The third-order valence-electron chi connectivity index (χ3n) is 15.0. The van der Waals surface area contributed by atoms with Gasteiger partial charge < -0.3 is 65.1 Å². The van der Waals surface area contributed by atoms with Gasteiger partial charge in [0, 0.05) is 6.42 Å². The molecule has 426 valence electrons. The number of amides is 1. The lowest BCUT2D eigenvalue weighted by molar-refractivity contribution is -0.359. The van der Waals surface area contributed by atoms with E-state index in [0.717, 1.165) is 38.5 Å². The van der Waals surface area contributed by atoms with E-state index in [1.165, 1.54) is 193 Å². The van der Waals surface area contributed by atoms with E-state index < -0.39 is 86.8 Å². The van der Waals surface area contributed by atoms with Crippen LogP contribution in [0.4, 0.5) is 0 Å². The van der Waals surface area contributed by atoms with Crippen molar-refractivity contribution in [1.29, 1.82) is 0 Å². The number of rotatable bonds is 48. The van der Waals surface area contributed by atoms with Crippen molar-refractivity contribution < 1.29 is 64.6 Å². The molecule has 0 saturated carbocycles. The fourth-order valence-corrected chi connectivity index (χ4v) is 10.1. The zero-order chi connectivity index (χ0) is 52.4. The topological polar surface area (TPSA) is 228 Å². The summed E-state index contributed by atoms with van der Waals surface area (Å²) in [6, 6.07) is -0.909. The maximum atomic E-state index is 13.2. The van der Waals surface area contributed by atoms with Gasteiger partial charge in [-0.15, -0.1) is 0 Å². The van der Waals surface area contributed by atoms with Gasteiger partial charge >= 0.3 is 0 Å². The molecule has 9 N–H and O–H groups in total. The molecule has 12 atom stereocenters. The van der Waals surface area contributed by atoms with Gasteiger partial charge in [0.2, 0.25) is 5.91 Å². The average Bonchev–Trinajstić information content (AvgIpc) is 3.38. The van der Waals surface area contributed by atoms with Crippen LogP contribution in [0, 0.1) is 0 Å². The molecule has 0 bridgehead atoms. The molecule has 2 aliphatic heterocycles. The lowest BCUT2D eigenvalue weighted by atomic mass is 9.97. The summed E-state index contributed by atoms with van der Waals surface area (Å²) < 4.78 is 22.8. The maximum Gasteiger partial charge on any atom is 0.220 e. The van der Waals surface area contributed by atoms with Gasteiger partial charge in [-0.1, -0.05) is 244 Å². The van der Waals surface area contributed by atoms with Crippen LogP contribution in [0.25, 0.3) is 0 Å². The van der Waals surface area contributed by atoms with E-state index >= 15 is 0 Å². The van der Waals surface area contributed by atoms with Crippen LogP contribution in [-0.2, 0) is 23.7 Å². The van der Waals surface area contributed by atoms with Gasteiger partial charge in [0.15, 0.2) is 12.6 Å². The van der Waals surface area contributed by atoms with Crippen LogP contribution < -0.4 is 5.32 Å². The van der Waals surface area contributed by atoms with E-state index in [9.17, 15) is 45.6 Å². The first kappa shape index (κ1) is 66.8. The molecule has 0 radical (unpaired) electrons.